The van der Waals surface area contributed by atoms with Crippen LogP contribution >= 0.6 is 0 Å². The predicted molar refractivity (Wildman–Crippen MR) is 22.7 cm³/mol. The van der Waals surface area contributed by atoms with Crippen molar-refractivity contribution in [1.82, 2.24) is 0 Å². The summed E-state index contributed by atoms with van der Waals surface area (Å²) in [7, 11) is -3.83. The van der Waals surface area contributed by atoms with Crippen LogP contribution in [0.3, 0.4) is 0 Å². The molecule has 0 unspecified atom stereocenters. The zero-order valence-corrected chi connectivity index (χ0v) is 7.20. The molecule has 0 saturated carbocycles. The molecular formula is H3NaO4S2. The summed E-state index contributed by atoms with van der Waals surface area (Å²) in [6, 6.07) is 0. The molecule has 7 heavy (non-hydrogen) atoms. The van der Waals surface area contributed by atoms with Crippen LogP contribution in [0.1, 0.15) is 0 Å². The van der Waals surface area contributed by atoms with Gasteiger partial charge in [-0.25, -0.2) is 0 Å². The molecule has 0 fully saturated rings. The van der Waals surface area contributed by atoms with Gasteiger partial charge in [0, 0.05) is 11.2 Å². The number of hydrogen-bond donors (Lipinski definition) is 2. The SMILES string of the molecule is O=S(O)(O)=S.[Na+].[OH-]. The maximum atomic E-state index is 9.11. The third-order valence-electron chi connectivity index (χ3n) is 0. The maximum absolute atomic E-state index is 9.11. The molecule has 0 aliphatic carbocycles. The van der Waals surface area contributed by atoms with Crippen LogP contribution in [0.25, 0.3) is 0 Å². The molecule has 0 bridgehead atoms. The molecule has 0 saturated heterocycles. The van der Waals surface area contributed by atoms with E-state index in [2.05, 4.69) is 11.2 Å². The van der Waals surface area contributed by atoms with Gasteiger partial charge in [0.15, 0.2) is 0 Å². The van der Waals surface area contributed by atoms with E-state index in [1.54, 1.807) is 0 Å². The Morgan fingerprint density at radius 1 is 1.43 bits per heavy atom. The molecule has 0 aliphatic rings. The second-order valence-electron chi connectivity index (χ2n) is 0.448. The van der Waals surface area contributed by atoms with Gasteiger partial charge in [-0.1, -0.05) is 0 Å². The van der Waals surface area contributed by atoms with E-state index in [-0.39, 0.29) is 35.0 Å². The second-order valence-corrected chi connectivity index (χ2v) is 2.65. The number of rotatable bonds is 0. The minimum absolute atomic E-state index is 0. The predicted octanol–water partition coefficient (Wildman–Crippen LogP) is -3.49. The average molecular weight is 154 g/mol. The van der Waals surface area contributed by atoms with Crippen molar-refractivity contribution in [2.75, 3.05) is 0 Å². The van der Waals surface area contributed by atoms with Crippen LogP contribution in [-0.2, 0) is 20.2 Å². The van der Waals surface area contributed by atoms with E-state index in [4.69, 9.17) is 13.3 Å². The van der Waals surface area contributed by atoms with E-state index in [9.17, 15) is 0 Å². The Bertz CT molecular complexity index is 92.9. The van der Waals surface area contributed by atoms with Crippen LogP contribution < -0.4 is 29.6 Å². The summed E-state index contributed by atoms with van der Waals surface area (Å²) < 4.78 is 24.0. The van der Waals surface area contributed by atoms with Gasteiger partial charge in [0.1, 0.15) is 0 Å². The normalized spacial score (nSPS) is 8.29. The summed E-state index contributed by atoms with van der Waals surface area (Å²) >= 11 is 3.47. The molecule has 0 aliphatic heterocycles. The molecule has 4 nitrogen and oxygen atoms in total. The molecular weight excluding hydrogens is 151 g/mol. The quantitative estimate of drug-likeness (QED) is 0.353. The van der Waals surface area contributed by atoms with Gasteiger partial charge in [-0.3, -0.25) is 9.11 Å². The first-order valence-corrected chi connectivity index (χ1v) is 3.10. The van der Waals surface area contributed by atoms with Crippen molar-refractivity contribution in [2.45, 2.75) is 0 Å². The van der Waals surface area contributed by atoms with Crippen LogP contribution in [-0.4, -0.2) is 18.8 Å². The molecule has 0 atom stereocenters. The first-order chi connectivity index (χ1) is 2.00. The monoisotopic (exact) mass is 154 g/mol. The first kappa shape index (κ1) is 15.7. The topological polar surface area (TPSA) is 87.5 Å². The van der Waals surface area contributed by atoms with E-state index in [1.807, 2.05) is 0 Å². The smallest absolute Gasteiger partial charge is 0.870 e. The van der Waals surface area contributed by atoms with Crippen molar-refractivity contribution in [2.24, 2.45) is 0 Å². The molecule has 0 aromatic carbocycles. The molecule has 40 valence electrons. The Morgan fingerprint density at radius 2 is 1.43 bits per heavy atom. The molecule has 0 heterocycles. The second kappa shape index (κ2) is 5.39. The molecule has 0 aromatic rings. The summed E-state index contributed by atoms with van der Waals surface area (Å²) in [6.45, 7) is 0. The van der Waals surface area contributed by atoms with E-state index >= 15 is 0 Å². The van der Waals surface area contributed by atoms with Gasteiger partial charge < -0.3 is 5.48 Å². The van der Waals surface area contributed by atoms with Crippen LogP contribution in [0.4, 0.5) is 0 Å². The third kappa shape index (κ3) is 128. The fourth-order valence-corrected chi connectivity index (χ4v) is 0. The molecule has 3 N–H and O–H groups in total. The van der Waals surface area contributed by atoms with E-state index in [0.29, 0.717) is 0 Å². The van der Waals surface area contributed by atoms with Crippen molar-refractivity contribution in [3.05, 3.63) is 0 Å². The first-order valence-electron chi connectivity index (χ1n) is 0.698. The largest absolute Gasteiger partial charge is 1.00 e. The summed E-state index contributed by atoms with van der Waals surface area (Å²) in [4.78, 5) is 0. The van der Waals surface area contributed by atoms with Crippen LogP contribution in [0.15, 0.2) is 0 Å². The van der Waals surface area contributed by atoms with E-state index < -0.39 is 9.05 Å². The van der Waals surface area contributed by atoms with Crippen molar-refractivity contribution in [1.29, 1.82) is 0 Å². The molecule has 0 amide bonds. The van der Waals surface area contributed by atoms with Crippen LogP contribution in [0.5, 0.6) is 0 Å². The Kier molecular flexibility index (Phi) is 12.1. The van der Waals surface area contributed by atoms with Gasteiger partial charge in [0.2, 0.25) is 0 Å². The Morgan fingerprint density at radius 3 is 1.43 bits per heavy atom. The summed E-state index contributed by atoms with van der Waals surface area (Å²) in [5.41, 5.74) is 0. The van der Waals surface area contributed by atoms with Gasteiger partial charge in [0.25, 0.3) is 9.05 Å². The van der Waals surface area contributed by atoms with Gasteiger partial charge in [-0.2, -0.15) is 4.21 Å². The molecule has 0 radical (unpaired) electrons. The summed E-state index contributed by atoms with van der Waals surface area (Å²) in [6.07, 6.45) is 0. The van der Waals surface area contributed by atoms with Crippen LogP contribution in [0.2, 0.25) is 0 Å². The van der Waals surface area contributed by atoms with E-state index in [0.717, 1.165) is 0 Å². The molecule has 0 aromatic heterocycles. The maximum Gasteiger partial charge on any atom is 1.00 e. The fraction of sp³-hybridized carbons (Fsp3) is 0. The van der Waals surface area contributed by atoms with Crippen molar-refractivity contribution >= 4 is 20.2 Å². The van der Waals surface area contributed by atoms with Gasteiger partial charge in [0.05, 0.1) is 0 Å². The van der Waals surface area contributed by atoms with Crippen LogP contribution in [0, 0.1) is 0 Å². The fourth-order valence-electron chi connectivity index (χ4n) is 0. The Hall–Kier alpha value is 1.25. The average Bonchev–Trinajstić information content (AvgIpc) is 0.722. The number of hydrogen-bond acceptors (Lipinski definition) is 3. The third-order valence-corrected chi connectivity index (χ3v) is 0. The van der Waals surface area contributed by atoms with Crippen molar-refractivity contribution < 1.29 is 48.3 Å². The van der Waals surface area contributed by atoms with Gasteiger partial charge in [-0.15, -0.1) is 0 Å². The standard InChI is InChI=1S/Na.H2O3S2.H2O/c;1-5(2,3)4;/h;(H2,1,2,3,4);1H2/q+1;;/p-1. The zero-order valence-electron chi connectivity index (χ0n) is 3.57. The molecule has 7 heteroatoms. The van der Waals surface area contributed by atoms with Gasteiger partial charge in [-0.05, 0) is 0 Å². The Balaban J connectivity index is -0.0000000800. The minimum atomic E-state index is -3.83. The van der Waals surface area contributed by atoms with E-state index in [1.165, 1.54) is 0 Å². The Labute approximate surface area is 68.2 Å². The minimum Gasteiger partial charge on any atom is -0.870 e. The summed E-state index contributed by atoms with van der Waals surface area (Å²) in [5, 5.41) is 0. The van der Waals surface area contributed by atoms with Crippen molar-refractivity contribution in [3.63, 3.8) is 0 Å². The zero-order chi connectivity index (χ0) is 4.50. The molecule has 0 rings (SSSR count). The van der Waals surface area contributed by atoms with Gasteiger partial charge >= 0.3 is 29.6 Å². The summed E-state index contributed by atoms with van der Waals surface area (Å²) in [5.74, 6) is 0. The van der Waals surface area contributed by atoms with Crippen molar-refractivity contribution in [3.8, 4) is 0 Å². The molecule has 0 spiro atoms.